The minimum atomic E-state index is -3.63. The summed E-state index contributed by atoms with van der Waals surface area (Å²) in [6.45, 7) is 7.93. The average Bonchev–Trinajstić information content (AvgIpc) is 2.55. The van der Waals surface area contributed by atoms with E-state index in [1.807, 2.05) is 26.2 Å². The fourth-order valence-corrected chi connectivity index (χ4v) is 3.36. The van der Waals surface area contributed by atoms with Gasteiger partial charge in [-0.3, -0.25) is 4.72 Å². The number of aromatic nitrogens is 1. The molecule has 0 aliphatic carbocycles. The zero-order valence-electron chi connectivity index (χ0n) is 16.1. The molecule has 26 heavy (non-hydrogen) atoms. The molecule has 0 aliphatic rings. The number of likely N-dealkylation sites (N-methyl/N-ethyl adjacent to an activating group) is 1. The van der Waals surface area contributed by atoms with Crippen LogP contribution in [0.2, 0.25) is 0 Å². The van der Waals surface area contributed by atoms with Crippen LogP contribution in [-0.2, 0) is 15.4 Å². The Morgan fingerprint density at radius 1 is 1.04 bits per heavy atom. The van der Waals surface area contributed by atoms with E-state index in [0.717, 1.165) is 18.7 Å². The van der Waals surface area contributed by atoms with Gasteiger partial charge < -0.3 is 10.2 Å². The first-order valence-corrected chi connectivity index (χ1v) is 10.0. The summed E-state index contributed by atoms with van der Waals surface area (Å²) in [4.78, 5) is 6.55. The van der Waals surface area contributed by atoms with Crippen molar-refractivity contribution in [3.63, 3.8) is 0 Å². The van der Waals surface area contributed by atoms with Gasteiger partial charge in [0.05, 0.1) is 16.8 Å². The van der Waals surface area contributed by atoms with Crippen molar-refractivity contribution in [1.82, 2.24) is 9.88 Å². The van der Waals surface area contributed by atoms with E-state index in [9.17, 15) is 8.42 Å². The average molecular weight is 377 g/mol. The summed E-state index contributed by atoms with van der Waals surface area (Å²) in [5, 5.41) is 3.19. The highest BCUT2D eigenvalue weighted by Gasteiger charge is 2.17. The van der Waals surface area contributed by atoms with Crippen molar-refractivity contribution in [1.29, 1.82) is 0 Å². The third-order valence-corrected chi connectivity index (χ3v) is 5.31. The van der Waals surface area contributed by atoms with Gasteiger partial charge in [-0.05, 0) is 49.3 Å². The summed E-state index contributed by atoms with van der Waals surface area (Å²) in [6, 6.07) is 10.4. The molecule has 0 amide bonds. The minimum absolute atomic E-state index is 0.0188. The topological polar surface area (TPSA) is 74.3 Å². The Morgan fingerprint density at radius 2 is 1.69 bits per heavy atom. The van der Waals surface area contributed by atoms with Gasteiger partial charge in [-0.15, -0.1) is 0 Å². The van der Waals surface area contributed by atoms with Crippen molar-refractivity contribution in [3.05, 3.63) is 48.2 Å². The van der Waals surface area contributed by atoms with Gasteiger partial charge in [0, 0.05) is 13.1 Å². The molecule has 0 saturated carbocycles. The first-order chi connectivity index (χ1) is 12.1. The Balaban J connectivity index is 2.04. The number of benzene rings is 1. The highest BCUT2D eigenvalue weighted by atomic mass is 32.2. The number of anilines is 2. The van der Waals surface area contributed by atoms with Gasteiger partial charge in [0.15, 0.2) is 0 Å². The van der Waals surface area contributed by atoms with Crippen LogP contribution in [0.1, 0.15) is 26.3 Å². The van der Waals surface area contributed by atoms with Crippen LogP contribution < -0.4 is 10.0 Å². The number of pyridine rings is 1. The van der Waals surface area contributed by atoms with Crippen LogP contribution in [0.3, 0.4) is 0 Å². The lowest BCUT2D eigenvalue weighted by molar-refractivity contribution is 0.425. The maximum absolute atomic E-state index is 12.5. The molecule has 2 aromatic rings. The third kappa shape index (κ3) is 5.71. The fraction of sp³-hybridized carbons (Fsp3) is 0.421. The van der Waals surface area contributed by atoms with Gasteiger partial charge in [-0.25, -0.2) is 13.4 Å². The molecule has 6 nitrogen and oxygen atoms in total. The zero-order valence-corrected chi connectivity index (χ0v) is 16.9. The molecule has 0 unspecified atom stereocenters. The summed E-state index contributed by atoms with van der Waals surface area (Å²) < 4.78 is 27.6. The predicted octanol–water partition coefficient (Wildman–Crippen LogP) is 3.15. The second-order valence-electron chi connectivity index (χ2n) is 7.54. The van der Waals surface area contributed by atoms with E-state index in [-0.39, 0.29) is 10.3 Å². The molecule has 7 heteroatoms. The van der Waals surface area contributed by atoms with Gasteiger partial charge in [0.2, 0.25) is 0 Å². The molecule has 142 valence electrons. The van der Waals surface area contributed by atoms with Crippen LogP contribution in [0, 0.1) is 0 Å². The van der Waals surface area contributed by atoms with Gasteiger partial charge in [0.1, 0.15) is 5.82 Å². The van der Waals surface area contributed by atoms with E-state index < -0.39 is 10.0 Å². The van der Waals surface area contributed by atoms with Crippen molar-refractivity contribution >= 4 is 21.5 Å². The molecule has 0 atom stereocenters. The maximum atomic E-state index is 12.5. The van der Waals surface area contributed by atoms with Crippen molar-refractivity contribution in [2.75, 3.05) is 37.2 Å². The summed E-state index contributed by atoms with van der Waals surface area (Å²) in [6.07, 6.45) is 1.51. The summed E-state index contributed by atoms with van der Waals surface area (Å²) >= 11 is 0. The summed E-state index contributed by atoms with van der Waals surface area (Å²) in [7, 11) is 0.368. The summed E-state index contributed by atoms with van der Waals surface area (Å²) in [5.74, 6) is 0.712. The molecular formula is C19H28N4O2S. The lowest BCUT2D eigenvalue weighted by Gasteiger charge is -2.19. The molecule has 0 fully saturated rings. The van der Waals surface area contributed by atoms with Crippen LogP contribution in [0.4, 0.5) is 11.5 Å². The fourth-order valence-electron chi connectivity index (χ4n) is 2.31. The number of hydrogen-bond donors (Lipinski definition) is 2. The summed E-state index contributed by atoms with van der Waals surface area (Å²) in [5.41, 5.74) is 1.50. The van der Waals surface area contributed by atoms with E-state index >= 15 is 0 Å². The number of nitrogens with one attached hydrogen (secondary N) is 2. The second kappa shape index (κ2) is 8.05. The molecular weight excluding hydrogens is 348 g/mol. The van der Waals surface area contributed by atoms with E-state index in [1.54, 1.807) is 24.3 Å². The normalized spacial score (nSPS) is 12.2. The van der Waals surface area contributed by atoms with Gasteiger partial charge >= 0.3 is 0 Å². The van der Waals surface area contributed by atoms with Crippen molar-refractivity contribution in [3.8, 4) is 0 Å². The smallest absolute Gasteiger partial charge is 0.261 e. The van der Waals surface area contributed by atoms with Gasteiger partial charge in [-0.1, -0.05) is 32.9 Å². The molecule has 1 heterocycles. The maximum Gasteiger partial charge on any atom is 0.261 e. The van der Waals surface area contributed by atoms with E-state index in [4.69, 9.17) is 0 Å². The molecule has 0 bridgehead atoms. The lowest BCUT2D eigenvalue weighted by Crippen LogP contribution is -2.21. The van der Waals surface area contributed by atoms with Crippen LogP contribution in [0.5, 0.6) is 0 Å². The Kier molecular flexibility index (Phi) is 6.26. The quantitative estimate of drug-likeness (QED) is 0.776. The van der Waals surface area contributed by atoms with Crippen LogP contribution in [0.15, 0.2) is 47.5 Å². The van der Waals surface area contributed by atoms with Crippen molar-refractivity contribution in [2.45, 2.75) is 31.1 Å². The standard InChI is InChI=1S/C19H28N4O2S/c1-19(2,3)15-6-9-17(10-7-15)26(24,25)22-16-8-11-18(21-14-16)20-12-13-23(4)5/h6-11,14,22H,12-13H2,1-5H3,(H,20,21). The second-order valence-corrected chi connectivity index (χ2v) is 9.22. The Morgan fingerprint density at radius 3 is 2.19 bits per heavy atom. The first kappa shape index (κ1) is 20.2. The largest absolute Gasteiger partial charge is 0.369 e. The molecule has 1 aromatic heterocycles. The first-order valence-electron chi connectivity index (χ1n) is 8.56. The van der Waals surface area contributed by atoms with Gasteiger partial charge in [-0.2, -0.15) is 0 Å². The Labute approximate surface area is 156 Å². The Hall–Kier alpha value is -2.12. The molecule has 2 rings (SSSR count). The molecule has 2 N–H and O–H groups in total. The highest BCUT2D eigenvalue weighted by molar-refractivity contribution is 7.92. The Bertz CT molecular complexity index is 808. The van der Waals surface area contributed by atoms with Gasteiger partial charge in [0.25, 0.3) is 10.0 Å². The van der Waals surface area contributed by atoms with Crippen molar-refractivity contribution in [2.24, 2.45) is 0 Å². The molecule has 1 aromatic carbocycles. The van der Waals surface area contributed by atoms with Crippen LogP contribution in [-0.4, -0.2) is 45.5 Å². The van der Waals surface area contributed by atoms with E-state index in [1.165, 1.54) is 6.20 Å². The molecule has 0 spiro atoms. The van der Waals surface area contributed by atoms with Crippen LogP contribution in [0.25, 0.3) is 0 Å². The number of sulfonamides is 1. The van der Waals surface area contributed by atoms with Crippen LogP contribution >= 0.6 is 0 Å². The number of nitrogens with zero attached hydrogens (tertiary/aromatic N) is 2. The van der Waals surface area contributed by atoms with E-state index in [0.29, 0.717) is 11.5 Å². The highest BCUT2D eigenvalue weighted by Crippen LogP contribution is 2.24. The predicted molar refractivity (Wildman–Crippen MR) is 107 cm³/mol. The SMILES string of the molecule is CN(C)CCNc1ccc(NS(=O)(=O)c2ccc(C(C)(C)C)cc2)cn1. The molecule has 0 saturated heterocycles. The third-order valence-electron chi connectivity index (χ3n) is 3.91. The number of rotatable bonds is 7. The minimum Gasteiger partial charge on any atom is -0.369 e. The monoisotopic (exact) mass is 376 g/mol. The zero-order chi connectivity index (χ0) is 19.4. The van der Waals surface area contributed by atoms with E-state index in [2.05, 4.69) is 40.7 Å². The lowest BCUT2D eigenvalue weighted by atomic mass is 9.87. The molecule has 0 aliphatic heterocycles. The van der Waals surface area contributed by atoms with Crippen molar-refractivity contribution < 1.29 is 8.42 Å². The number of hydrogen-bond acceptors (Lipinski definition) is 5. The molecule has 0 radical (unpaired) electrons.